The molecular formula is C22H24N4O2. The van der Waals surface area contributed by atoms with Crippen molar-refractivity contribution in [2.75, 3.05) is 14.1 Å². The van der Waals surface area contributed by atoms with E-state index in [0.717, 1.165) is 22.9 Å². The Bertz CT molecular complexity index is 976. The number of amides is 1. The number of hydrogen-bond donors (Lipinski definition) is 2. The molecule has 0 aliphatic heterocycles. The summed E-state index contributed by atoms with van der Waals surface area (Å²) in [6.07, 6.45) is 0. The van der Waals surface area contributed by atoms with E-state index in [0.29, 0.717) is 5.56 Å². The van der Waals surface area contributed by atoms with Gasteiger partial charge < -0.3 is 15.5 Å². The summed E-state index contributed by atoms with van der Waals surface area (Å²) in [5, 5.41) is 8.20. The second-order valence-corrected chi connectivity index (χ2v) is 6.79. The fraction of sp³-hybridized carbons (Fsp3) is 0.182. The first kappa shape index (κ1) is 19.4. The van der Waals surface area contributed by atoms with Crippen molar-refractivity contribution >= 4 is 22.6 Å². The lowest BCUT2D eigenvalue weighted by Crippen LogP contribution is -2.37. The minimum atomic E-state index is -0.324. The van der Waals surface area contributed by atoms with Gasteiger partial charge in [-0.15, -0.1) is 0 Å². The average molecular weight is 376 g/mol. The van der Waals surface area contributed by atoms with Gasteiger partial charge in [-0.25, -0.2) is 0 Å². The Morgan fingerprint density at radius 1 is 1.00 bits per heavy atom. The van der Waals surface area contributed by atoms with Crippen LogP contribution in [0.3, 0.4) is 0 Å². The molecule has 0 aromatic heterocycles. The van der Waals surface area contributed by atoms with Crippen LogP contribution in [-0.2, 0) is 18.0 Å². The van der Waals surface area contributed by atoms with Crippen LogP contribution >= 0.6 is 0 Å². The number of rotatable bonds is 6. The van der Waals surface area contributed by atoms with Crippen LogP contribution in [0.5, 0.6) is 0 Å². The Balaban J connectivity index is 1.57. The summed E-state index contributed by atoms with van der Waals surface area (Å²) in [4.78, 5) is 19.9. The largest absolute Gasteiger partial charge is 0.388 e. The summed E-state index contributed by atoms with van der Waals surface area (Å²) in [6, 6.07) is 21.3. The SMILES string of the molecule is CN(C)Cc1ccc(CON=C(N)NC(=O)c2cccc3ccccc23)cc1. The molecule has 28 heavy (non-hydrogen) atoms. The minimum Gasteiger partial charge on any atom is -0.388 e. The second kappa shape index (κ2) is 9.01. The Kier molecular flexibility index (Phi) is 6.24. The fourth-order valence-corrected chi connectivity index (χ4v) is 2.91. The van der Waals surface area contributed by atoms with Gasteiger partial charge in [-0.2, -0.15) is 0 Å². The minimum absolute atomic E-state index is 0.0813. The van der Waals surface area contributed by atoms with Crippen LogP contribution in [-0.4, -0.2) is 30.9 Å². The van der Waals surface area contributed by atoms with Crippen molar-refractivity contribution in [1.29, 1.82) is 0 Å². The molecule has 0 aliphatic rings. The Morgan fingerprint density at radius 2 is 1.68 bits per heavy atom. The molecule has 0 unspecified atom stereocenters. The molecule has 0 atom stereocenters. The number of guanidine groups is 1. The summed E-state index contributed by atoms with van der Waals surface area (Å²) >= 11 is 0. The van der Waals surface area contributed by atoms with Crippen molar-refractivity contribution in [1.82, 2.24) is 10.2 Å². The van der Waals surface area contributed by atoms with Crippen molar-refractivity contribution < 1.29 is 9.63 Å². The van der Waals surface area contributed by atoms with Crippen molar-refractivity contribution in [2.45, 2.75) is 13.2 Å². The van der Waals surface area contributed by atoms with Crippen molar-refractivity contribution in [3.05, 3.63) is 83.4 Å². The first-order valence-corrected chi connectivity index (χ1v) is 9.00. The van der Waals surface area contributed by atoms with E-state index in [1.54, 1.807) is 6.07 Å². The van der Waals surface area contributed by atoms with Gasteiger partial charge in [0.2, 0.25) is 5.96 Å². The van der Waals surface area contributed by atoms with Gasteiger partial charge in [-0.3, -0.25) is 10.1 Å². The first-order valence-electron chi connectivity index (χ1n) is 9.00. The van der Waals surface area contributed by atoms with Crippen LogP contribution in [0.15, 0.2) is 71.9 Å². The van der Waals surface area contributed by atoms with Gasteiger partial charge in [0, 0.05) is 12.1 Å². The van der Waals surface area contributed by atoms with Gasteiger partial charge in [0.05, 0.1) is 0 Å². The maximum Gasteiger partial charge on any atom is 0.258 e. The summed E-state index contributed by atoms with van der Waals surface area (Å²) < 4.78 is 0. The van der Waals surface area contributed by atoms with E-state index in [1.165, 1.54) is 5.56 Å². The molecule has 0 fully saturated rings. The molecular weight excluding hydrogens is 352 g/mol. The molecule has 0 bridgehead atoms. The topological polar surface area (TPSA) is 79.9 Å². The van der Waals surface area contributed by atoms with Gasteiger partial charge in [0.1, 0.15) is 6.61 Å². The summed E-state index contributed by atoms with van der Waals surface area (Å²) in [5.74, 6) is -0.406. The van der Waals surface area contributed by atoms with Gasteiger partial charge in [0.25, 0.3) is 5.91 Å². The van der Waals surface area contributed by atoms with Crippen LogP contribution in [0.4, 0.5) is 0 Å². The van der Waals surface area contributed by atoms with Gasteiger partial charge in [-0.05, 0) is 47.2 Å². The number of carbonyl (C=O) groups excluding carboxylic acids is 1. The van der Waals surface area contributed by atoms with Crippen LogP contribution < -0.4 is 11.1 Å². The zero-order valence-corrected chi connectivity index (χ0v) is 16.1. The molecule has 0 aliphatic carbocycles. The van der Waals surface area contributed by atoms with Gasteiger partial charge >= 0.3 is 0 Å². The van der Waals surface area contributed by atoms with Crippen molar-refractivity contribution in [3.63, 3.8) is 0 Å². The smallest absolute Gasteiger partial charge is 0.258 e. The monoisotopic (exact) mass is 376 g/mol. The summed E-state index contributed by atoms with van der Waals surface area (Å²) in [6.45, 7) is 1.15. The van der Waals surface area contributed by atoms with E-state index in [4.69, 9.17) is 10.6 Å². The molecule has 3 rings (SSSR count). The molecule has 3 aromatic rings. The highest BCUT2D eigenvalue weighted by atomic mass is 16.6. The number of fused-ring (bicyclic) bond motifs is 1. The van der Waals surface area contributed by atoms with E-state index in [1.807, 2.05) is 74.8 Å². The Hall–Kier alpha value is -3.38. The number of carbonyl (C=O) groups is 1. The molecule has 0 radical (unpaired) electrons. The number of benzene rings is 3. The maximum absolute atomic E-state index is 12.5. The second-order valence-electron chi connectivity index (χ2n) is 6.79. The third-order valence-corrected chi connectivity index (χ3v) is 4.19. The van der Waals surface area contributed by atoms with Gasteiger partial charge in [-0.1, -0.05) is 60.7 Å². The lowest BCUT2D eigenvalue weighted by atomic mass is 10.0. The predicted molar refractivity (Wildman–Crippen MR) is 112 cm³/mol. The quantitative estimate of drug-likeness (QED) is 0.394. The first-order chi connectivity index (χ1) is 13.5. The standard InChI is InChI=1S/C22H24N4O2/c1-26(2)14-16-10-12-17(13-11-16)15-28-25-22(23)24-21(27)20-9-5-7-18-6-3-4-8-19(18)20/h3-13H,14-15H2,1-2H3,(H3,23,24,25,27). The molecule has 0 heterocycles. The van der Waals surface area contributed by atoms with Crippen molar-refractivity contribution in [2.24, 2.45) is 10.9 Å². The molecule has 0 spiro atoms. The molecule has 1 amide bonds. The zero-order chi connectivity index (χ0) is 19.9. The molecule has 0 saturated heterocycles. The Morgan fingerprint density at radius 3 is 2.43 bits per heavy atom. The van der Waals surface area contributed by atoms with E-state index < -0.39 is 0 Å². The highest BCUT2D eigenvalue weighted by molar-refractivity contribution is 6.12. The highest BCUT2D eigenvalue weighted by Crippen LogP contribution is 2.18. The zero-order valence-electron chi connectivity index (χ0n) is 16.1. The van der Waals surface area contributed by atoms with Crippen LogP contribution in [0.25, 0.3) is 10.8 Å². The number of nitrogens with zero attached hydrogens (tertiary/aromatic N) is 2. The van der Waals surface area contributed by atoms with Crippen LogP contribution in [0.2, 0.25) is 0 Å². The van der Waals surface area contributed by atoms with Crippen LogP contribution in [0.1, 0.15) is 21.5 Å². The molecule has 6 nitrogen and oxygen atoms in total. The molecule has 3 aromatic carbocycles. The molecule has 6 heteroatoms. The lowest BCUT2D eigenvalue weighted by molar-refractivity contribution is 0.0969. The van der Waals surface area contributed by atoms with E-state index in [9.17, 15) is 4.79 Å². The van der Waals surface area contributed by atoms with Crippen LogP contribution in [0, 0.1) is 0 Å². The number of hydrogen-bond acceptors (Lipinski definition) is 4. The van der Waals surface area contributed by atoms with E-state index in [2.05, 4.69) is 15.4 Å². The molecule has 3 N–H and O–H groups in total. The van der Waals surface area contributed by atoms with E-state index >= 15 is 0 Å². The molecule has 0 saturated carbocycles. The van der Waals surface area contributed by atoms with Gasteiger partial charge in [0.15, 0.2) is 0 Å². The summed E-state index contributed by atoms with van der Waals surface area (Å²) in [5.41, 5.74) is 8.51. The third-order valence-electron chi connectivity index (χ3n) is 4.19. The fourth-order valence-electron chi connectivity index (χ4n) is 2.91. The lowest BCUT2D eigenvalue weighted by Gasteiger charge is -2.10. The predicted octanol–water partition coefficient (Wildman–Crippen LogP) is 3.08. The number of nitrogens with two attached hydrogens (primary N) is 1. The van der Waals surface area contributed by atoms with Crippen molar-refractivity contribution in [3.8, 4) is 0 Å². The maximum atomic E-state index is 12.5. The normalized spacial score (nSPS) is 11.6. The Labute approximate surface area is 164 Å². The molecule has 144 valence electrons. The highest BCUT2D eigenvalue weighted by Gasteiger charge is 2.10. The summed E-state index contributed by atoms with van der Waals surface area (Å²) in [7, 11) is 4.06. The van der Waals surface area contributed by atoms with E-state index in [-0.39, 0.29) is 18.5 Å². The third kappa shape index (κ3) is 5.08. The number of nitrogens with one attached hydrogen (secondary N) is 1. The average Bonchev–Trinajstić information content (AvgIpc) is 2.68. The number of oxime groups is 1.